The van der Waals surface area contributed by atoms with Crippen LogP contribution in [0.15, 0.2) is 11.6 Å². The molecule has 1 rings (SSSR count). The van der Waals surface area contributed by atoms with Gasteiger partial charge in [-0.15, -0.1) is 0 Å². The predicted molar refractivity (Wildman–Crippen MR) is 61.2 cm³/mol. The molecule has 0 amide bonds. The van der Waals surface area contributed by atoms with Gasteiger partial charge in [0.1, 0.15) is 0 Å². The number of hydrogen-bond acceptors (Lipinski definition) is 1. The van der Waals surface area contributed by atoms with Crippen molar-refractivity contribution in [2.24, 2.45) is 5.92 Å². The molecule has 0 fully saturated rings. The second kappa shape index (κ2) is 4.97. The molecule has 82 valence electrons. The molecule has 2 unspecified atom stereocenters. The van der Waals surface area contributed by atoms with Gasteiger partial charge in [0.25, 0.3) is 0 Å². The first-order valence-corrected chi connectivity index (χ1v) is 6.01. The van der Waals surface area contributed by atoms with Crippen molar-refractivity contribution in [2.45, 2.75) is 64.9 Å². The van der Waals surface area contributed by atoms with Crippen molar-refractivity contribution in [3.63, 3.8) is 0 Å². The van der Waals surface area contributed by atoms with Gasteiger partial charge in [-0.2, -0.15) is 0 Å². The summed E-state index contributed by atoms with van der Waals surface area (Å²) in [6.07, 6.45) is 9.43. The highest BCUT2D eigenvalue weighted by molar-refractivity contribution is 5.17. The van der Waals surface area contributed by atoms with Gasteiger partial charge in [0, 0.05) is 0 Å². The molecule has 1 heteroatoms. The molecule has 0 aromatic heterocycles. The summed E-state index contributed by atoms with van der Waals surface area (Å²) in [6, 6.07) is 0. The Morgan fingerprint density at radius 3 is 2.79 bits per heavy atom. The van der Waals surface area contributed by atoms with Gasteiger partial charge in [-0.1, -0.05) is 32.8 Å². The van der Waals surface area contributed by atoms with Crippen molar-refractivity contribution in [2.75, 3.05) is 0 Å². The zero-order valence-electron chi connectivity index (χ0n) is 9.84. The van der Waals surface area contributed by atoms with Crippen molar-refractivity contribution in [3.05, 3.63) is 11.6 Å². The van der Waals surface area contributed by atoms with Crippen molar-refractivity contribution in [3.8, 4) is 0 Å². The van der Waals surface area contributed by atoms with Gasteiger partial charge in [0.05, 0.1) is 5.60 Å². The molecule has 1 N–H and O–H groups in total. The number of allylic oxidation sites excluding steroid dienone is 1. The lowest BCUT2D eigenvalue weighted by molar-refractivity contribution is 0.0373. The molecule has 0 aromatic carbocycles. The maximum atomic E-state index is 10.5. The third kappa shape index (κ3) is 2.60. The maximum absolute atomic E-state index is 10.5. The summed E-state index contributed by atoms with van der Waals surface area (Å²) in [6.45, 7) is 6.28. The van der Waals surface area contributed by atoms with Gasteiger partial charge < -0.3 is 5.11 Å². The molecule has 0 radical (unpaired) electrons. The largest absolute Gasteiger partial charge is 0.386 e. The number of rotatable bonds is 3. The van der Waals surface area contributed by atoms with E-state index in [1.165, 1.54) is 24.8 Å². The zero-order valence-corrected chi connectivity index (χ0v) is 9.84. The second-order valence-corrected chi connectivity index (χ2v) is 4.79. The molecular weight excluding hydrogens is 172 g/mol. The van der Waals surface area contributed by atoms with Crippen LogP contribution in [-0.4, -0.2) is 10.7 Å². The molecule has 0 aromatic rings. The van der Waals surface area contributed by atoms with E-state index in [1.54, 1.807) is 0 Å². The Hall–Kier alpha value is -0.300. The average Bonchev–Trinajstić information content (AvgIpc) is 2.44. The fourth-order valence-corrected chi connectivity index (χ4v) is 2.19. The quantitative estimate of drug-likeness (QED) is 0.683. The van der Waals surface area contributed by atoms with E-state index in [2.05, 4.69) is 19.9 Å². The Kier molecular flexibility index (Phi) is 4.18. The van der Waals surface area contributed by atoms with Crippen LogP contribution in [-0.2, 0) is 0 Å². The molecule has 0 aliphatic heterocycles. The van der Waals surface area contributed by atoms with Crippen LogP contribution in [0.2, 0.25) is 0 Å². The van der Waals surface area contributed by atoms with E-state index in [0.29, 0.717) is 5.92 Å². The SMILES string of the molecule is CCC(C)C(C)(O)C1=CCCCCC1. The van der Waals surface area contributed by atoms with Crippen molar-refractivity contribution in [1.29, 1.82) is 0 Å². The predicted octanol–water partition coefficient (Wildman–Crippen LogP) is 3.67. The lowest BCUT2D eigenvalue weighted by Crippen LogP contribution is -2.34. The summed E-state index contributed by atoms with van der Waals surface area (Å²) in [5.41, 5.74) is 0.711. The third-order valence-corrected chi connectivity index (χ3v) is 3.76. The van der Waals surface area contributed by atoms with Gasteiger partial charge >= 0.3 is 0 Å². The summed E-state index contributed by atoms with van der Waals surface area (Å²) in [5.74, 6) is 0.367. The minimum absolute atomic E-state index is 0.367. The van der Waals surface area contributed by atoms with Crippen molar-refractivity contribution in [1.82, 2.24) is 0 Å². The van der Waals surface area contributed by atoms with Crippen LogP contribution in [0, 0.1) is 5.92 Å². The smallest absolute Gasteiger partial charge is 0.0854 e. The molecule has 0 bridgehead atoms. The van der Waals surface area contributed by atoms with Gasteiger partial charge in [0.15, 0.2) is 0 Å². The van der Waals surface area contributed by atoms with E-state index in [-0.39, 0.29) is 0 Å². The standard InChI is InChI=1S/C13H24O/c1-4-11(2)13(3,14)12-9-7-5-6-8-10-12/h9,11,14H,4-8,10H2,1-3H3. The van der Waals surface area contributed by atoms with Gasteiger partial charge in [-0.25, -0.2) is 0 Å². The molecule has 1 aliphatic rings. The van der Waals surface area contributed by atoms with Crippen LogP contribution in [0.3, 0.4) is 0 Å². The lowest BCUT2D eigenvalue weighted by atomic mass is 9.80. The van der Waals surface area contributed by atoms with E-state index < -0.39 is 5.60 Å². The Bertz CT molecular complexity index is 203. The average molecular weight is 196 g/mol. The van der Waals surface area contributed by atoms with Crippen LogP contribution in [0.25, 0.3) is 0 Å². The van der Waals surface area contributed by atoms with E-state index in [4.69, 9.17) is 0 Å². The summed E-state index contributed by atoms with van der Waals surface area (Å²) < 4.78 is 0. The molecule has 1 nitrogen and oxygen atoms in total. The second-order valence-electron chi connectivity index (χ2n) is 4.79. The lowest BCUT2D eigenvalue weighted by Gasteiger charge is -2.32. The molecule has 2 atom stereocenters. The summed E-state index contributed by atoms with van der Waals surface area (Å²) in [7, 11) is 0. The van der Waals surface area contributed by atoms with E-state index in [1.807, 2.05) is 6.92 Å². The van der Waals surface area contributed by atoms with Crippen LogP contribution in [0.5, 0.6) is 0 Å². The Labute approximate surface area is 88.2 Å². The van der Waals surface area contributed by atoms with Crippen LogP contribution in [0.4, 0.5) is 0 Å². The minimum Gasteiger partial charge on any atom is -0.386 e. The van der Waals surface area contributed by atoms with Crippen LogP contribution < -0.4 is 0 Å². The maximum Gasteiger partial charge on any atom is 0.0854 e. The molecule has 0 saturated carbocycles. The van der Waals surface area contributed by atoms with E-state index >= 15 is 0 Å². The van der Waals surface area contributed by atoms with Gasteiger partial charge in [-0.05, 0) is 44.1 Å². The molecule has 14 heavy (non-hydrogen) atoms. The van der Waals surface area contributed by atoms with Crippen LogP contribution >= 0.6 is 0 Å². The highest BCUT2D eigenvalue weighted by atomic mass is 16.3. The molecular formula is C13H24O. The van der Waals surface area contributed by atoms with Gasteiger partial charge in [0.2, 0.25) is 0 Å². The Morgan fingerprint density at radius 1 is 1.43 bits per heavy atom. The fraction of sp³-hybridized carbons (Fsp3) is 0.846. The van der Waals surface area contributed by atoms with Crippen molar-refractivity contribution < 1.29 is 5.11 Å². The minimum atomic E-state index is -0.570. The Balaban J connectivity index is 2.73. The zero-order chi connectivity index (χ0) is 10.6. The van der Waals surface area contributed by atoms with E-state index in [0.717, 1.165) is 19.3 Å². The highest BCUT2D eigenvalue weighted by Gasteiger charge is 2.31. The monoisotopic (exact) mass is 196 g/mol. The number of aliphatic hydroxyl groups is 1. The summed E-state index contributed by atoms with van der Waals surface area (Å²) in [4.78, 5) is 0. The third-order valence-electron chi connectivity index (χ3n) is 3.76. The highest BCUT2D eigenvalue weighted by Crippen LogP contribution is 2.33. The fourth-order valence-electron chi connectivity index (χ4n) is 2.19. The van der Waals surface area contributed by atoms with Crippen LogP contribution in [0.1, 0.15) is 59.3 Å². The molecule has 1 aliphatic carbocycles. The van der Waals surface area contributed by atoms with E-state index in [9.17, 15) is 5.11 Å². The number of hydrogen-bond donors (Lipinski definition) is 1. The Morgan fingerprint density at radius 2 is 2.14 bits per heavy atom. The van der Waals surface area contributed by atoms with Gasteiger partial charge in [-0.3, -0.25) is 0 Å². The topological polar surface area (TPSA) is 20.2 Å². The summed E-state index contributed by atoms with van der Waals surface area (Å²) in [5, 5.41) is 10.5. The van der Waals surface area contributed by atoms with Crippen molar-refractivity contribution >= 4 is 0 Å². The first-order valence-electron chi connectivity index (χ1n) is 6.01. The first kappa shape index (κ1) is 11.8. The first-order chi connectivity index (χ1) is 6.59. The molecule has 0 saturated heterocycles. The normalized spacial score (nSPS) is 24.7. The molecule has 0 spiro atoms. The molecule has 0 heterocycles. The summed E-state index contributed by atoms with van der Waals surface area (Å²) >= 11 is 0.